The number of piperazine rings is 1. The van der Waals surface area contributed by atoms with E-state index in [-0.39, 0.29) is 23.8 Å². The van der Waals surface area contributed by atoms with Gasteiger partial charge in [-0.3, -0.25) is 9.59 Å². The number of carbonyl (C=O) groups is 2. The molecule has 0 aromatic heterocycles. The zero-order chi connectivity index (χ0) is 15.9. The lowest BCUT2D eigenvalue weighted by Gasteiger charge is -2.42. The van der Waals surface area contributed by atoms with Crippen molar-refractivity contribution in [1.29, 1.82) is 0 Å². The minimum Gasteiger partial charge on any atom is -0.329 e. The van der Waals surface area contributed by atoms with Crippen LogP contribution in [0.2, 0.25) is 0 Å². The molecule has 22 heavy (non-hydrogen) atoms. The van der Waals surface area contributed by atoms with Gasteiger partial charge in [0.1, 0.15) is 6.04 Å². The average Bonchev–Trinajstić information content (AvgIpc) is 2.40. The molecular weight excluding hydrogens is 276 g/mol. The first-order chi connectivity index (χ1) is 10.5. The molecule has 4 heteroatoms. The predicted octanol–water partition coefficient (Wildman–Crippen LogP) is 2.67. The summed E-state index contributed by atoms with van der Waals surface area (Å²) in [6.07, 6.45) is 3.11. The van der Waals surface area contributed by atoms with E-state index in [4.69, 9.17) is 0 Å². The highest BCUT2D eigenvalue weighted by Gasteiger charge is 2.39. The molecule has 1 aliphatic carbocycles. The van der Waals surface area contributed by atoms with E-state index in [0.717, 1.165) is 30.5 Å². The van der Waals surface area contributed by atoms with Gasteiger partial charge in [0.2, 0.25) is 11.8 Å². The topological polar surface area (TPSA) is 40.6 Å². The highest BCUT2D eigenvalue weighted by Crippen LogP contribution is 2.31. The Kier molecular flexibility index (Phi) is 3.94. The smallest absolute Gasteiger partial charge is 0.249 e. The maximum absolute atomic E-state index is 12.7. The van der Waals surface area contributed by atoms with Crippen LogP contribution in [0.4, 0.5) is 5.69 Å². The molecule has 3 rings (SSSR count). The fraction of sp³-hybridized carbons (Fsp3) is 0.556. The van der Waals surface area contributed by atoms with Crippen LogP contribution in [-0.2, 0) is 9.59 Å². The monoisotopic (exact) mass is 300 g/mol. The second-order valence-electron chi connectivity index (χ2n) is 6.62. The summed E-state index contributed by atoms with van der Waals surface area (Å²) in [7, 11) is 0. The van der Waals surface area contributed by atoms with Gasteiger partial charge in [-0.1, -0.05) is 24.1 Å². The van der Waals surface area contributed by atoms with Gasteiger partial charge in [-0.15, -0.1) is 0 Å². The van der Waals surface area contributed by atoms with Crippen LogP contribution in [-0.4, -0.2) is 35.8 Å². The summed E-state index contributed by atoms with van der Waals surface area (Å²) < 4.78 is 0. The van der Waals surface area contributed by atoms with Crippen LogP contribution in [0.25, 0.3) is 0 Å². The molecule has 0 N–H and O–H groups in total. The zero-order valence-electron chi connectivity index (χ0n) is 13.6. The maximum Gasteiger partial charge on any atom is 0.249 e. The number of nitrogens with zero attached hydrogens (tertiary/aromatic N) is 2. The van der Waals surface area contributed by atoms with E-state index in [1.165, 1.54) is 5.56 Å². The molecule has 0 bridgehead atoms. The van der Waals surface area contributed by atoms with E-state index >= 15 is 0 Å². The molecule has 2 amide bonds. The van der Waals surface area contributed by atoms with Crippen LogP contribution in [0.1, 0.15) is 37.3 Å². The van der Waals surface area contributed by atoms with Crippen molar-refractivity contribution in [3.05, 3.63) is 29.3 Å². The molecule has 1 saturated heterocycles. The number of rotatable bonds is 2. The first-order valence-corrected chi connectivity index (χ1v) is 8.18. The quantitative estimate of drug-likeness (QED) is 0.842. The fourth-order valence-corrected chi connectivity index (χ4v) is 3.41. The Labute approximate surface area is 132 Å². The van der Waals surface area contributed by atoms with Crippen LogP contribution in [0.15, 0.2) is 18.2 Å². The van der Waals surface area contributed by atoms with Crippen molar-refractivity contribution in [3.63, 3.8) is 0 Å². The summed E-state index contributed by atoms with van der Waals surface area (Å²) in [6.45, 7) is 7.16. The number of carbonyl (C=O) groups excluding carboxylic acids is 2. The third-order valence-corrected chi connectivity index (χ3v) is 5.04. The first kappa shape index (κ1) is 15.1. The minimum atomic E-state index is -0.359. The Hall–Kier alpha value is -1.84. The Morgan fingerprint density at radius 1 is 1.18 bits per heavy atom. The molecule has 0 radical (unpaired) electrons. The van der Waals surface area contributed by atoms with Crippen molar-refractivity contribution in [2.75, 3.05) is 18.0 Å². The van der Waals surface area contributed by atoms with Crippen LogP contribution >= 0.6 is 0 Å². The molecular formula is C18H24N2O2. The Morgan fingerprint density at radius 3 is 2.50 bits per heavy atom. The molecule has 4 nitrogen and oxygen atoms in total. The second-order valence-corrected chi connectivity index (χ2v) is 6.62. The number of benzene rings is 1. The Bertz CT molecular complexity index is 607. The summed E-state index contributed by atoms with van der Waals surface area (Å²) in [5.41, 5.74) is 3.28. The van der Waals surface area contributed by atoms with E-state index in [9.17, 15) is 9.59 Å². The van der Waals surface area contributed by atoms with Gasteiger partial charge >= 0.3 is 0 Å². The molecule has 1 atom stereocenters. The van der Waals surface area contributed by atoms with E-state index < -0.39 is 0 Å². The third-order valence-electron chi connectivity index (χ3n) is 5.04. The number of anilines is 1. The summed E-state index contributed by atoms with van der Waals surface area (Å²) in [6, 6.07) is 5.78. The third kappa shape index (κ3) is 2.51. The van der Waals surface area contributed by atoms with Crippen molar-refractivity contribution in [2.45, 2.75) is 46.1 Å². The summed E-state index contributed by atoms with van der Waals surface area (Å²) in [5.74, 6) is 0.362. The first-order valence-electron chi connectivity index (χ1n) is 8.18. The summed E-state index contributed by atoms with van der Waals surface area (Å²) in [5, 5.41) is 0. The van der Waals surface area contributed by atoms with E-state index in [2.05, 4.69) is 13.0 Å². The molecule has 2 fully saturated rings. The van der Waals surface area contributed by atoms with Crippen LogP contribution < -0.4 is 4.90 Å². The molecule has 1 heterocycles. The van der Waals surface area contributed by atoms with Gasteiger partial charge in [0, 0.05) is 24.7 Å². The van der Waals surface area contributed by atoms with E-state index in [1.807, 2.05) is 30.9 Å². The van der Waals surface area contributed by atoms with Gasteiger partial charge in [0.15, 0.2) is 0 Å². The van der Waals surface area contributed by atoms with Gasteiger partial charge < -0.3 is 9.80 Å². The van der Waals surface area contributed by atoms with Crippen molar-refractivity contribution in [1.82, 2.24) is 4.90 Å². The van der Waals surface area contributed by atoms with Crippen molar-refractivity contribution in [3.8, 4) is 0 Å². The van der Waals surface area contributed by atoms with Crippen LogP contribution in [0.3, 0.4) is 0 Å². The average molecular weight is 300 g/mol. The highest BCUT2D eigenvalue weighted by atomic mass is 16.2. The Morgan fingerprint density at radius 2 is 1.91 bits per heavy atom. The van der Waals surface area contributed by atoms with Gasteiger partial charge in [0.05, 0.1) is 0 Å². The number of aryl methyl sites for hydroxylation is 2. The number of hydrogen-bond acceptors (Lipinski definition) is 2. The summed E-state index contributed by atoms with van der Waals surface area (Å²) >= 11 is 0. The lowest BCUT2D eigenvalue weighted by molar-refractivity contribution is -0.146. The zero-order valence-corrected chi connectivity index (χ0v) is 13.6. The van der Waals surface area contributed by atoms with Crippen molar-refractivity contribution in [2.24, 2.45) is 5.92 Å². The second kappa shape index (κ2) is 5.75. The highest BCUT2D eigenvalue weighted by molar-refractivity contribution is 6.01. The lowest BCUT2D eigenvalue weighted by Crippen LogP contribution is -2.59. The molecule has 1 aliphatic heterocycles. The number of amides is 2. The fourth-order valence-electron chi connectivity index (χ4n) is 3.41. The van der Waals surface area contributed by atoms with Crippen LogP contribution in [0, 0.1) is 19.8 Å². The normalized spacial score (nSPS) is 22.7. The number of hydrogen-bond donors (Lipinski definition) is 0. The molecule has 1 aromatic rings. The maximum atomic E-state index is 12.7. The van der Waals surface area contributed by atoms with Gasteiger partial charge in [-0.2, -0.15) is 0 Å². The van der Waals surface area contributed by atoms with Crippen molar-refractivity contribution >= 4 is 17.5 Å². The molecule has 1 aromatic carbocycles. The van der Waals surface area contributed by atoms with Gasteiger partial charge in [0.25, 0.3) is 0 Å². The minimum absolute atomic E-state index is 0.0332. The van der Waals surface area contributed by atoms with E-state index in [1.54, 1.807) is 4.90 Å². The largest absolute Gasteiger partial charge is 0.329 e. The summed E-state index contributed by atoms with van der Waals surface area (Å²) in [4.78, 5) is 28.8. The van der Waals surface area contributed by atoms with Gasteiger partial charge in [-0.05, 0) is 45.2 Å². The van der Waals surface area contributed by atoms with Crippen LogP contribution in [0.5, 0.6) is 0 Å². The molecule has 1 saturated carbocycles. The molecule has 0 spiro atoms. The molecule has 1 unspecified atom stereocenters. The van der Waals surface area contributed by atoms with E-state index in [0.29, 0.717) is 13.1 Å². The Balaban J connectivity index is 1.78. The standard InChI is InChI=1S/C18H24N2O2/c1-12-7-8-16(13(2)11-12)20-10-9-19(14(3)17(20)21)18(22)15-5-4-6-15/h7-8,11,14-15H,4-6,9-10H2,1-3H3. The molecule has 2 aliphatic rings. The van der Waals surface area contributed by atoms with Gasteiger partial charge in [-0.25, -0.2) is 0 Å². The van der Waals surface area contributed by atoms with Crippen molar-refractivity contribution < 1.29 is 9.59 Å². The lowest BCUT2D eigenvalue weighted by atomic mass is 9.84. The SMILES string of the molecule is Cc1ccc(N2CCN(C(=O)C3CCC3)C(C)C2=O)c(C)c1. The predicted molar refractivity (Wildman–Crippen MR) is 86.8 cm³/mol. The molecule has 118 valence electrons.